The Morgan fingerprint density at radius 2 is 1.55 bits per heavy atom. The highest BCUT2D eigenvalue weighted by Crippen LogP contribution is 2.17. The van der Waals surface area contributed by atoms with E-state index in [4.69, 9.17) is 11.6 Å². The van der Waals surface area contributed by atoms with Crippen molar-refractivity contribution in [2.75, 3.05) is 0 Å². The van der Waals surface area contributed by atoms with Gasteiger partial charge in [0.2, 0.25) is 0 Å². The highest BCUT2D eigenvalue weighted by molar-refractivity contribution is 9.08. The predicted molar refractivity (Wildman–Crippen MR) is 89.9 cm³/mol. The second-order valence-electron chi connectivity index (χ2n) is 4.67. The van der Waals surface area contributed by atoms with Crippen LogP contribution >= 0.6 is 27.5 Å². The summed E-state index contributed by atoms with van der Waals surface area (Å²) in [4.78, 5) is 11.0. The summed E-state index contributed by atoms with van der Waals surface area (Å²) in [5, 5.41) is 0.582. The first-order valence-electron chi connectivity index (χ1n) is 6.33. The van der Waals surface area contributed by atoms with Gasteiger partial charge in [0.1, 0.15) is 0 Å². The largest absolute Gasteiger partial charge is 0.276 e. The van der Waals surface area contributed by atoms with Crippen molar-refractivity contribution < 1.29 is 4.79 Å². The van der Waals surface area contributed by atoms with E-state index in [2.05, 4.69) is 28.1 Å². The molecular weight excluding hydrogens is 336 g/mol. The highest BCUT2D eigenvalue weighted by atomic mass is 79.9. The number of carbonyl (C=O) groups is 1. The van der Waals surface area contributed by atoms with Crippen molar-refractivity contribution in [1.82, 2.24) is 0 Å². The van der Waals surface area contributed by atoms with E-state index in [1.807, 2.05) is 51.1 Å². The van der Waals surface area contributed by atoms with Crippen LogP contribution in [0.15, 0.2) is 42.5 Å². The van der Waals surface area contributed by atoms with Crippen LogP contribution in [0.2, 0.25) is 0 Å². The van der Waals surface area contributed by atoms with Gasteiger partial charge in [0.15, 0.2) is 0 Å². The van der Waals surface area contributed by atoms with Gasteiger partial charge >= 0.3 is 0 Å². The molecule has 1 nitrogen and oxygen atoms in total. The lowest BCUT2D eigenvalue weighted by Crippen LogP contribution is -1.98. The molecule has 106 valence electrons. The van der Waals surface area contributed by atoms with Gasteiger partial charge in [0, 0.05) is 10.9 Å². The van der Waals surface area contributed by atoms with Crippen LogP contribution in [0.5, 0.6) is 0 Å². The third-order valence-electron chi connectivity index (χ3n) is 2.87. The number of carbonyl (C=O) groups excluding carboxylic acids is 1. The molecule has 0 radical (unpaired) electrons. The van der Waals surface area contributed by atoms with Crippen LogP contribution in [0.1, 0.15) is 32.6 Å². The number of alkyl halides is 1. The van der Waals surface area contributed by atoms with Crippen LogP contribution in [0.4, 0.5) is 0 Å². The molecule has 0 N–H and O–H groups in total. The van der Waals surface area contributed by atoms with Gasteiger partial charge in [0.25, 0.3) is 5.24 Å². The van der Waals surface area contributed by atoms with Crippen molar-refractivity contribution >= 4 is 32.8 Å². The fraction of sp³-hybridized carbons (Fsp3) is 0.235. The molecule has 0 saturated carbocycles. The molecule has 0 unspecified atom stereocenters. The van der Waals surface area contributed by atoms with Crippen LogP contribution in [0.25, 0.3) is 0 Å². The average molecular weight is 354 g/mol. The van der Waals surface area contributed by atoms with Gasteiger partial charge < -0.3 is 0 Å². The summed E-state index contributed by atoms with van der Waals surface area (Å²) in [7, 11) is 0. The van der Waals surface area contributed by atoms with Crippen molar-refractivity contribution in [3.05, 3.63) is 70.3 Å². The monoisotopic (exact) mass is 352 g/mol. The Morgan fingerprint density at radius 1 is 1.05 bits per heavy atom. The predicted octanol–water partition coefficient (Wildman–Crippen LogP) is 5.57. The van der Waals surface area contributed by atoms with Gasteiger partial charge in [-0.25, -0.2) is 0 Å². The average Bonchev–Trinajstić information content (AvgIpc) is 2.38. The van der Waals surface area contributed by atoms with E-state index in [0.717, 1.165) is 22.0 Å². The van der Waals surface area contributed by atoms with Crippen LogP contribution in [-0.2, 0) is 5.33 Å². The van der Waals surface area contributed by atoms with Crippen LogP contribution < -0.4 is 0 Å². The van der Waals surface area contributed by atoms with E-state index >= 15 is 0 Å². The molecule has 0 saturated heterocycles. The van der Waals surface area contributed by atoms with Gasteiger partial charge in [-0.15, -0.1) is 0 Å². The minimum absolute atomic E-state index is 0.370. The van der Waals surface area contributed by atoms with Gasteiger partial charge in [-0.1, -0.05) is 64.0 Å². The van der Waals surface area contributed by atoms with Gasteiger partial charge in [0.05, 0.1) is 0 Å². The minimum atomic E-state index is -0.370. The van der Waals surface area contributed by atoms with Gasteiger partial charge in [-0.05, 0) is 49.1 Å². The summed E-state index contributed by atoms with van der Waals surface area (Å²) in [5.41, 5.74) is 5.03. The molecule has 2 aromatic rings. The molecule has 0 fully saturated rings. The lowest BCUT2D eigenvalue weighted by molar-refractivity contribution is 0.108. The molecule has 0 bridgehead atoms. The molecule has 0 aromatic heterocycles. The van der Waals surface area contributed by atoms with Crippen molar-refractivity contribution in [1.29, 1.82) is 0 Å². The molecule has 0 amide bonds. The Labute approximate surface area is 134 Å². The summed E-state index contributed by atoms with van der Waals surface area (Å²) in [5.74, 6) is 0. The van der Waals surface area contributed by atoms with Gasteiger partial charge in [-0.3, -0.25) is 4.79 Å². The topological polar surface area (TPSA) is 17.1 Å². The zero-order valence-electron chi connectivity index (χ0n) is 11.9. The third-order valence-corrected chi connectivity index (χ3v) is 3.71. The molecule has 0 heterocycles. The maximum Gasteiger partial charge on any atom is 0.252 e. The summed E-state index contributed by atoms with van der Waals surface area (Å²) in [6, 6.07) is 14.2. The van der Waals surface area contributed by atoms with Crippen molar-refractivity contribution in [2.45, 2.75) is 26.1 Å². The number of halogens is 2. The highest BCUT2D eigenvalue weighted by Gasteiger charge is 2.09. The Kier molecular flexibility index (Phi) is 6.97. The SMILES string of the molecule is BrCc1ccccc1.Cc1cc(C)c(C(=O)Cl)c(C)c1. The Balaban J connectivity index is 0.000000217. The zero-order chi connectivity index (χ0) is 15.1. The van der Waals surface area contributed by atoms with E-state index in [1.54, 1.807) is 0 Å². The first-order valence-corrected chi connectivity index (χ1v) is 7.83. The number of hydrogen-bond donors (Lipinski definition) is 0. The maximum absolute atomic E-state index is 11.0. The maximum atomic E-state index is 11.0. The van der Waals surface area contributed by atoms with Gasteiger partial charge in [-0.2, -0.15) is 0 Å². The fourth-order valence-corrected chi connectivity index (χ4v) is 2.73. The normalized spacial score (nSPS) is 9.65. The first kappa shape index (κ1) is 16.9. The molecule has 20 heavy (non-hydrogen) atoms. The molecular formula is C17H18BrClO. The minimum Gasteiger partial charge on any atom is -0.276 e. The molecule has 2 aromatic carbocycles. The standard InChI is InChI=1S/C10H11ClO.C7H7Br/c1-6-4-7(2)9(10(11)12)8(3)5-6;8-6-7-4-2-1-3-5-7/h4-5H,1-3H3;1-5H,6H2. The summed E-state index contributed by atoms with van der Waals surface area (Å²) < 4.78 is 0. The molecule has 0 aliphatic carbocycles. The van der Waals surface area contributed by atoms with Crippen molar-refractivity contribution in [3.8, 4) is 0 Å². The summed E-state index contributed by atoms with van der Waals surface area (Å²) in [6.45, 7) is 5.80. The lowest BCUT2D eigenvalue weighted by Gasteiger charge is -2.05. The van der Waals surface area contributed by atoms with E-state index < -0.39 is 0 Å². The molecule has 0 aliphatic rings. The molecule has 0 spiro atoms. The van der Waals surface area contributed by atoms with E-state index in [-0.39, 0.29) is 5.24 Å². The number of aryl methyl sites for hydroxylation is 3. The lowest BCUT2D eigenvalue weighted by atomic mass is 10.0. The van der Waals surface area contributed by atoms with E-state index in [0.29, 0.717) is 5.56 Å². The summed E-state index contributed by atoms with van der Waals surface area (Å²) in [6.07, 6.45) is 0. The second kappa shape index (κ2) is 8.23. The summed E-state index contributed by atoms with van der Waals surface area (Å²) >= 11 is 8.78. The number of hydrogen-bond acceptors (Lipinski definition) is 1. The number of rotatable bonds is 2. The van der Waals surface area contributed by atoms with Crippen molar-refractivity contribution in [2.24, 2.45) is 0 Å². The van der Waals surface area contributed by atoms with Crippen molar-refractivity contribution in [3.63, 3.8) is 0 Å². The number of benzene rings is 2. The molecule has 0 atom stereocenters. The molecule has 3 heteroatoms. The third kappa shape index (κ3) is 5.10. The Hall–Kier alpha value is -1.12. The fourth-order valence-electron chi connectivity index (χ4n) is 2.06. The Bertz CT molecular complexity index is 556. The first-order chi connectivity index (χ1) is 9.45. The smallest absolute Gasteiger partial charge is 0.252 e. The van der Waals surface area contributed by atoms with E-state index in [1.165, 1.54) is 5.56 Å². The quantitative estimate of drug-likeness (QED) is 0.509. The van der Waals surface area contributed by atoms with Crippen LogP contribution in [-0.4, -0.2) is 5.24 Å². The Morgan fingerprint density at radius 3 is 1.90 bits per heavy atom. The van der Waals surface area contributed by atoms with E-state index in [9.17, 15) is 4.79 Å². The second-order valence-corrected chi connectivity index (χ2v) is 5.57. The zero-order valence-corrected chi connectivity index (χ0v) is 14.3. The van der Waals surface area contributed by atoms with Crippen LogP contribution in [0, 0.1) is 20.8 Å². The molecule has 0 aliphatic heterocycles. The molecule has 2 rings (SSSR count). The van der Waals surface area contributed by atoms with Crippen LogP contribution in [0.3, 0.4) is 0 Å².